The van der Waals surface area contributed by atoms with Gasteiger partial charge in [0.15, 0.2) is 0 Å². The van der Waals surface area contributed by atoms with Crippen LogP contribution in [0.4, 0.5) is 10.7 Å². The SMILES string of the molecule is CC(C)N1CC2(CCC(C(C)(C)C)CC2)N(Cc2ccc(C(=O)Nc3nn[nH]n3)cc2)C1=O. The van der Waals surface area contributed by atoms with E-state index in [2.05, 4.69) is 65.5 Å². The summed E-state index contributed by atoms with van der Waals surface area (Å²) < 4.78 is 0. The van der Waals surface area contributed by atoms with E-state index in [9.17, 15) is 9.59 Å². The minimum Gasteiger partial charge on any atom is -0.320 e. The molecule has 2 N–H and O–H groups in total. The molecule has 1 aliphatic carbocycles. The van der Waals surface area contributed by atoms with Gasteiger partial charge in [-0.15, -0.1) is 5.10 Å². The Labute approximate surface area is 195 Å². The van der Waals surface area contributed by atoms with Crippen LogP contribution in [0.1, 0.15) is 76.2 Å². The maximum absolute atomic E-state index is 13.4. The van der Waals surface area contributed by atoms with Crippen molar-refractivity contribution < 1.29 is 9.59 Å². The molecule has 2 aromatic rings. The molecular weight excluding hydrogens is 418 g/mol. The van der Waals surface area contributed by atoms with E-state index in [4.69, 9.17) is 0 Å². The Morgan fingerprint density at radius 2 is 1.88 bits per heavy atom. The number of hydrogen-bond donors (Lipinski definition) is 2. The van der Waals surface area contributed by atoms with Gasteiger partial charge in [0.1, 0.15) is 0 Å². The fourth-order valence-electron chi connectivity index (χ4n) is 5.25. The summed E-state index contributed by atoms with van der Waals surface area (Å²) in [5.74, 6) is 0.515. The average Bonchev–Trinajstić information content (AvgIpc) is 3.36. The molecule has 1 saturated heterocycles. The number of carbonyl (C=O) groups is 2. The van der Waals surface area contributed by atoms with Crippen LogP contribution in [0.5, 0.6) is 0 Å². The summed E-state index contributed by atoms with van der Waals surface area (Å²) in [6.07, 6.45) is 4.37. The summed E-state index contributed by atoms with van der Waals surface area (Å²) in [6.45, 7) is 12.5. The molecule has 1 aromatic heterocycles. The fraction of sp³-hybridized carbons (Fsp3) is 0.625. The second-order valence-electron chi connectivity index (χ2n) is 10.8. The molecule has 0 bridgehead atoms. The van der Waals surface area contributed by atoms with Gasteiger partial charge in [0.25, 0.3) is 11.9 Å². The standard InChI is InChI=1S/C24H35N7O2/c1-16(2)30-15-24(12-10-19(11-13-24)23(3,4)5)31(22(30)33)14-17-6-8-18(9-7-17)20(32)25-21-26-28-29-27-21/h6-9,16,19H,10-15H2,1-5H3,(H2,25,26,27,28,29,32). The van der Waals surface area contributed by atoms with E-state index in [-0.39, 0.29) is 29.5 Å². The van der Waals surface area contributed by atoms with Crippen molar-refractivity contribution in [2.45, 2.75) is 78.4 Å². The molecule has 2 fully saturated rings. The van der Waals surface area contributed by atoms with Gasteiger partial charge >= 0.3 is 6.03 Å². The number of rotatable bonds is 5. The molecule has 1 saturated carbocycles. The Bertz CT molecular complexity index is 971. The van der Waals surface area contributed by atoms with E-state index in [1.807, 2.05) is 17.0 Å². The Morgan fingerprint density at radius 1 is 1.21 bits per heavy atom. The molecular formula is C24H35N7O2. The zero-order valence-corrected chi connectivity index (χ0v) is 20.3. The van der Waals surface area contributed by atoms with Gasteiger partial charge in [-0.2, -0.15) is 5.21 Å². The van der Waals surface area contributed by atoms with E-state index in [0.717, 1.165) is 37.8 Å². The van der Waals surface area contributed by atoms with Crippen molar-refractivity contribution in [3.63, 3.8) is 0 Å². The third-order valence-electron chi connectivity index (χ3n) is 7.41. The molecule has 0 unspecified atom stereocenters. The first-order chi connectivity index (χ1) is 15.6. The molecule has 1 aliphatic heterocycles. The molecule has 4 rings (SSSR count). The monoisotopic (exact) mass is 453 g/mol. The quantitative estimate of drug-likeness (QED) is 0.710. The molecule has 33 heavy (non-hydrogen) atoms. The lowest BCUT2D eigenvalue weighted by Gasteiger charge is -2.45. The van der Waals surface area contributed by atoms with Crippen LogP contribution in [0.2, 0.25) is 0 Å². The number of hydrogen-bond acceptors (Lipinski definition) is 5. The smallest absolute Gasteiger partial charge is 0.320 e. The van der Waals surface area contributed by atoms with Gasteiger partial charge in [0.05, 0.1) is 5.54 Å². The number of tetrazole rings is 1. The molecule has 9 nitrogen and oxygen atoms in total. The van der Waals surface area contributed by atoms with E-state index in [0.29, 0.717) is 23.4 Å². The number of nitrogens with zero attached hydrogens (tertiary/aromatic N) is 5. The molecule has 1 aromatic carbocycles. The molecule has 1 spiro atoms. The van der Waals surface area contributed by atoms with Crippen LogP contribution < -0.4 is 5.32 Å². The normalized spacial score (nSPS) is 23.6. The highest BCUT2D eigenvalue weighted by molar-refractivity contribution is 6.03. The minimum atomic E-state index is -0.303. The summed E-state index contributed by atoms with van der Waals surface area (Å²) in [5.41, 5.74) is 1.70. The van der Waals surface area contributed by atoms with E-state index in [1.165, 1.54) is 0 Å². The third kappa shape index (κ3) is 4.72. The van der Waals surface area contributed by atoms with Crippen molar-refractivity contribution in [1.82, 2.24) is 30.4 Å². The van der Waals surface area contributed by atoms with Crippen LogP contribution in [0.3, 0.4) is 0 Å². The molecule has 178 valence electrons. The van der Waals surface area contributed by atoms with Gasteiger partial charge in [0.2, 0.25) is 0 Å². The van der Waals surface area contributed by atoms with Crippen molar-refractivity contribution in [1.29, 1.82) is 0 Å². The van der Waals surface area contributed by atoms with Crippen molar-refractivity contribution in [3.05, 3.63) is 35.4 Å². The van der Waals surface area contributed by atoms with E-state index < -0.39 is 0 Å². The lowest BCUT2D eigenvalue weighted by Crippen LogP contribution is -2.50. The Balaban J connectivity index is 1.49. The first-order valence-electron chi connectivity index (χ1n) is 11.8. The number of H-pyrrole nitrogens is 1. The Morgan fingerprint density at radius 3 is 2.42 bits per heavy atom. The number of amides is 3. The van der Waals surface area contributed by atoms with Gasteiger partial charge in [-0.1, -0.05) is 38.0 Å². The van der Waals surface area contributed by atoms with E-state index in [1.54, 1.807) is 12.1 Å². The first-order valence-corrected chi connectivity index (χ1v) is 11.8. The van der Waals surface area contributed by atoms with Crippen molar-refractivity contribution in [3.8, 4) is 0 Å². The first kappa shape index (κ1) is 23.2. The van der Waals surface area contributed by atoms with Gasteiger partial charge < -0.3 is 9.80 Å². The van der Waals surface area contributed by atoms with Crippen LogP contribution in [0.25, 0.3) is 0 Å². The van der Waals surface area contributed by atoms with Crippen molar-refractivity contribution in [2.24, 2.45) is 11.3 Å². The second-order valence-corrected chi connectivity index (χ2v) is 10.8. The number of carbonyl (C=O) groups excluding carboxylic acids is 2. The minimum absolute atomic E-state index is 0.113. The molecule has 2 aliphatic rings. The number of benzene rings is 1. The summed E-state index contributed by atoms with van der Waals surface area (Å²) in [4.78, 5) is 29.9. The predicted octanol–water partition coefficient (Wildman–Crippen LogP) is 4.07. The van der Waals surface area contributed by atoms with Crippen LogP contribution in [-0.4, -0.2) is 60.5 Å². The van der Waals surface area contributed by atoms with Crippen molar-refractivity contribution in [2.75, 3.05) is 11.9 Å². The van der Waals surface area contributed by atoms with Gasteiger partial charge in [-0.05, 0) is 73.8 Å². The fourth-order valence-corrected chi connectivity index (χ4v) is 5.25. The number of aromatic amines is 1. The zero-order chi connectivity index (χ0) is 23.8. The number of nitrogens with one attached hydrogen (secondary N) is 2. The number of aromatic nitrogens is 4. The summed E-state index contributed by atoms with van der Waals surface area (Å²) in [7, 11) is 0. The molecule has 2 heterocycles. The summed E-state index contributed by atoms with van der Waals surface area (Å²) >= 11 is 0. The maximum Gasteiger partial charge on any atom is 0.321 e. The zero-order valence-electron chi connectivity index (χ0n) is 20.3. The van der Waals surface area contributed by atoms with Gasteiger partial charge in [0, 0.05) is 24.7 Å². The summed E-state index contributed by atoms with van der Waals surface area (Å²) in [6, 6.07) is 7.69. The van der Waals surface area contributed by atoms with E-state index >= 15 is 0 Å². The number of urea groups is 1. The highest BCUT2D eigenvalue weighted by atomic mass is 16.2. The lowest BCUT2D eigenvalue weighted by molar-refractivity contribution is 0.0613. The van der Waals surface area contributed by atoms with Crippen LogP contribution in [0.15, 0.2) is 24.3 Å². The highest BCUT2D eigenvalue weighted by Gasteiger charge is 2.52. The highest BCUT2D eigenvalue weighted by Crippen LogP contribution is 2.47. The largest absolute Gasteiger partial charge is 0.321 e. The molecule has 3 amide bonds. The molecule has 0 radical (unpaired) electrons. The second kappa shape index (κ2) is 8.76. The summed E-state index contributed by atoms with van der Waals surface area (Å²) in [5, 5.41) is 15.8. The number of anilines is 1. The molecule has 0 atom stereocenters. The van der Waals surface area contributed by atoms with Crippen LogP contribution in [0, 0.1) is 11.3 Å². The van der Waals surface area contributed by atoms with Crippen molar-refractivity contribution >= 4 is 17.9 Å². The predicted molar refractivity (Wildman–Crippen MR) is 125 cm³/mol. The third-order valence-corrected chi connectivity index (χ3v) is 7.41. The van der Waals surface area contributed by atoms with Gasteiger partial charge in [-0.25, -0.2) is 4.79 Å². The topological polar surface area (TPSA) is 107 Å². The van der Waals surface area contributed by atoms with Crippen LogP contribution in [-0.2, 0) is 6.54 Å². The maximum atomic E-state index is 13.4. The van der Waals surface area contributed by atoms with Gasteiger partial charge in [-0.3, -0.25) is 10.1 Å². The average molecular weight is 454 g/mol. The Hall–Kier alpha value is -2.97. The Kier molecular flexibility index (Phi) is 6.16. The van der Waals surface area contributed by atoms with Crippen LogP contribution >= 0.6 is 0 Å². The lowest BCUT2D eigenvalue weighted by atomic mass is 9.67. The molecule has 9 heteroatoms.